The van der Waals surface area contributed by atoms with Gasteiger partial charge in [0.2, 0.25) is 11.8 Å². The fourth-order valence-electron chi connectivity index (χ4n) is 3.81. The van der Waals surface area contributed by atoms with Crippen molar-refractivity contribution in [1.29, 1.82) is 5.26 Å². The van der Waals surface area contributed by atoms with E-state index >= 15 is 0 Å². The zero-order valence-corrected chi connectivity index (χ0v) is 22.6. The van der Waals surface area contributed by atoms with Gasteiger partial charge in [0.1, 0.15) is 5.92 Å². The quantitative estimate of drug-likeness (QED) is 0.342. The van der Waals surface area contributed by atoms with Crippen LogP contribution in [-0.4, -0.2) is 43.7 Å². The summed E-state index contributed by atoms with van der Waals surface area (Å²) in [6.45, 7) is 0. The van der Waals surface area contributed by atoms with Crippen molar-refractivity contribution in [3.05, 3.63) is 74.2 Å². The Balaban J connectivity index is 1.92. The van der Waals surface area contributed by atoms with Gasteiger partial charge in [-0.15, -0.1) is 0 Å². The van der Waals surface area contributed by atoms with Crippen molar-refractivity contribution in [2.75, 3.05) is 25.3 Å². The number of hydrogen-bond donors (Lipinski definition) is 2. The van der Waals surface area contributed by atoms with Gasteiger partial charge in [0, 0.05) is 10.4 Å². The van der Waals surface area contributed by atoms with Crippen molar-refractivity contribution in [3.63, 3.8) is 0 Å². The van der Waals surface area contributed by atoms with Crippen molar-refractivity contribution in [2.45, 2.75) is 12.1 Å². The third-order valence-corrected chi connectivity index (χ3v) is 7.09. The van der Waals surface area contributed by atoms with E-state index in [-0.39, 0.29) is 20.6 Å². The molecule has 2 N–H and O–H groups in total. The first-order valence-electron chi connectivity index (χ1n) is 10.9. The van der Waals surface area contributed by atoms with Gasteiger partial charge in [0.05, 0.1) is 53.5 Å². The molecule has 2 aromatic rings. The number of ether oxygens (including phenoxy) is 2. The highest BCUT2D eigenvalue weighted by Gasteiger charge is 2.44. The molecule has 0 saturated heterocycles. The third kappa shape index (κ3) is 6.79. The average Bonchev–Trinajstić information content (AvgIpc) is 2.91. The molecule has 1 aliphatic rings. The Labute approximate surface area is 232 Å². The summed E-state index contributed by atoms with van der Waals surface area (Å²) in [5, 5.41) is 14.5. The summed E-state index contributed by atoms with van der Waals surface area (Å²) in [6.07, 6.45) is -4.73. The van der Waals surface area contributed by atoms with Crippen LogP contribution in [0.2, 0.25) is 0 Å². The molecule has 2 atom stereocenters. The summed E-state index contributed by atoms with van der Waals surface area (Å²) in [7, 11) is 2.28. The van der Waals surface area contributed by atoms with Crippen LogP contribution in [0.5, 0.6) is 0 Å². The molecule has 2 aromatic carbocycles. The number of hydrogen-bond acceptors (Lipinski definition) is 8. The van der Waals surface area contributed by atoms with E-state index in [4.69, 9.17) is 4.74 Å². The summed E-state index contributed by atoms with van der Waals surface area (Å²) >= 11 is 3.67. The average molecular weight is 626 g/mol. The van der Waals surface area contributed by atoms with Crippen LogP contribution >= 0.6 is 27.7 Å². The monoisotopic (exact) mass is 625 g/mol. The highest BCUT2D eigenvalue weighted by molar-refractivity contribution is 9.10. The van der Waals surface area contributed by atoms with Gasteiger partial charge in [0.25, 0.3) is 0 Å². The number of thioether (sulfide) groups is 1. The highest BCUT2D eigenvalue weighted by atomic mass is 79.9. The van der Waals surface area contributed by atoms with E-state index in [1.54, 1.807) is 0 Å². The first kappa shape index (κ1) is 29.7. The van der Waals surface area contributed by atoms with Crippen molar-refractivity contribution in [3.8, 4) is 6.07 Å². The molecule has 0 bridgehead atoms. The normalized spacial score (nSPS) is 17.1. The van der Waals surface area contributed by atoms with Gasteiger partial charge in [-0.25, -0.2) is 4.79 Å². The Morgan fingerprint density at radius 1 is 1.13 bits per heavy atom. The Morgan fingerprint density at radius 3 is 2.36 bits per heavy atom. The van der Waals surface area contributed by atoms with Gasteiger partial charge >= 0.3 is 18.1 Å². The molecule has 0 radical (unpaired) electrons. The zero-order chi connectivity index (χ0) is 28.9. The topological polar surface area (TPSA) is 135 Å². The van der Waals surface area contributed by atoms with Crippen LogP contribution in [0.1, 0.15) is 27.4 Å². The lowest BCUT2D eigenvalue weighted by atomic mass is 9.78. The van der Waals surface area contributed by atoms with Crippen molar-refractivity contribution in [2.24, 2.45) is 5.92 Å². The van der Waals surface area contributed by atoms with Gasteiger partial charge in [0.15, 0.2) is 0 Å². The largest absolute Gasteiger partial charge is 0.468 e. The SMILES string of the molecule is COC(=O)c1ccc([C@@H]2C(C#N)=C(SCC(=O)Nc3ccc(Br)cc3C(F)(F)F)NC(=O)[C@@H]2C(=O)OC)cc1. The molecule has 9 nitrogen and oxygen atoms in total. The van der Waals surface area contributed by atoms with Crippen LogP contribution in [0, 0.1) is 17.2 Å². The first-order valence-corrected chi connectivity index (χ1v) is 12.7. The molecule has 0 saturated carbocycles. The van der Waals surface area contributed by atoms with E-state index in [1.807, 2.05) is 6.07 Å². The Kier molecular flexibility index (Phi) is 9.41. The molecule has 0 fully saturated rings. The fraction of sp³-hybridized carbons (Fsp3) is 0.240. The fourth-order valence-corrected chi connectivity index (χ4v) is 5.02. The van der Waals surface area contributed by atoms with Crippen molar-refractivity contribution >= 4 is 57.1 Å². The number of carbonyl (C=O) groups excluding carboxylic acids is 4. The van der Waals surface area contributed by atoms with Crippen LogP contribution < -0.4 is 10.6 Å². The third-order valence-electron chi connectivity index (χ3n) is 5.58. The Morgan fingerprint density at radius 2 is 1.79 bits per heavy atom. The molecule has 204 valence electrons. The molecular formula is C25H19BrF3N3O6S. The molecule has 2 amide bonds. The lowest BCUT2D eigenvalue weighted by Gasteiger charge is -2.31. The number of rotatable bonds is 7. The van der Waals surface area contributed by atoms with E-state index in [9.17, 15) is 37.6 Å². The highest BCUT2D eigenvalue weighted by Crippen LogP contribution is 2.41. The number of alkyl halides is 3. The van der Waals surface area contributed by atoms with Crippen molar-refractivity contribution in [1.82, 2.24) is 5.32 Å². The van der Waals surface area contributed by atoms with Crippen molar-refractivity contribution < 1.29 is 41.8 Å². The molecule has 1 aliphatic heterocycles. The number of benzene rings is 2. The second-order valence-corrected chi connectivity index (χ2v) is 9.86. The van der Waals surface area contributed by atoms with E-state index < -0.39 is 58.8 Å². The van der Waals surface area contributed by atoms with E-state index in [0.29, 0.717) is 17.3 Å². The number of allylic oxidation sites excluding steroid dienone is 1. The van der Waals surface area contributed by atoms with Crippen LogP contribution in [0.3, 0.4) is 0 Å². The number of amides is 2. The standard InChI is InChI=1S/C25H19BrF3N3O6S/c1-37-23(35)13-5-3-12(4-6-13)19-15(10-30)22(32-21(34)20(19)24(36)38-2)39-11-18(33)31-17-8-7-14(26)9-16(17)25(27,28)29/h3-9,19-20H,11H2,1-2H3,(H,31,33)(H,32,34)/t19-,20-/m1/s1. The number of esters is 2. The number of carbonyl (C=O) groups is 4. The Bertz CT molecular complexity index is 1390. The van der Waals surface area contributed by atoms with Crippen LogP contribution in [0.4, 0.5) is 18.9 Å². The van der Waals surface area contributed by atoms with Gasteiger partial charge in [-0.3, -0.25) is 14.4 Å². The summed E-state index contributed by atoms with van der Waals surface area (Å²) < 4.78 is 49.8. The number of nitrogens with zero attached hydrogens (tertiary/aromatic N) is 1. The smallest absolute Gasteiger partial charge is 0.418 e. The maximum Gasteiger partial charge on any atom is 0.418 e. The predicted molar refractivity (Wildman–Crippen MR) is 137 cm³/mol. The van der Waals surface area contributed by atoms with Gasteiger partial charge in [-0.05, 0) is 35.9 Å². The second-order valence-electron chi connectivity index (χ2n) is 7.96. The number of methoxy groups -OCH3 is 2. The van der Waals surface area contributed by atoms with Crippen LogP contribution in [-0.2, 0) is 30.0 Å². The lowest BCUT2D eigenvalue weighted by molar-refractivity contribution is -0.150. The lowest BCUT2D eigenvalue weighted by Crippen LogP contribution is -2.44. The Hall–Kier alpha value is -3.83. The second kappa shape index (κ2) is 12.4. The molecule has 0 aromatic heterocycles. The molecule has 0 aliphatic carbocycles. The molecule has 1 heterocycles. The minimum atomic E-state index is -4.73. The molecule has 0 spiro atoms. The minimum Gasteiger partial charge on any atom is -0.468 e. The number of nitrogens with one attached hydrogen (secondary N) is 2. The van der Waals surface area contributed by atoms with Gasteiger partial charge in [-0.2, -0.15) is 18.4 Å². The van der Waals surface area contributed by atoms with Crippen LogP contribution in [0.25, 0.3) is 0 Å². The maximum absolute atomic E-state index is 13.4. The number of anilines is 1. The molecule has 39 heavy (non-hydrogen) atoms. The minimum absolute atomic E-state index is 0.0494. The summed E-state index contributed by atoms with van der Waals surface area (Å²) in [5.41, 5.74) is -1.08. The molecule has 0 unspecified atom stereocenters. The molecular weight excluding hydrogens is 607 g/mol. The number of nitriles is 1. The zero-order valence-electron chi connectivity index (χ0n) is 20.2. The number of halogens is 4. The predicted octanol–water partition coefficient (Wildman–Crippen LogP) is 4.36. The van der Waals surface area contributed by atoms with E-state index in [2.05, 4.69) is 31.3 Å². The van der Waals surface area contributed by atoms with Crippen LogP contribution in [0.15, 0.2) is 57.5 Å². The maximum atomic E-state index is 13.4. The molecule has 14 heteroatoms. The van der Waals surface area contributed by atoms with Gasteiger partial charge < -0.3 is 20.1 Å². The molecule has 3 rings (SSSR count). The first-order chi connectivity index (χ1) is 18.4. The summed E-state index contributed by atoms with van der Waals surface area (Å²) in [4.78, 5) is 49.8. The van der Waals surface area contributed by atoms with E-state index in [0.717, 1.165) is 19.2 Å². The summed E-state index contributed by atoms with van der Waals surface area (Å²) in [6, 6.07) is 10.9. The van der Waals surface area contributed by atoms with Gasteiger partial charge in [-0.1, -0.05) is 39.8 Å². The summed E-state index contributed by atoms with van der Waals surface area (Å²) in [5.74, 6) is -6.23. The van der Waals surface area contributed by atoms with E-state index in [1.165, 1.54) is 37.4 Å².